The molecule has 1 aliphatic rings. The highest BCUT2D eigenvalue weighted by molar-refractivity contribution is 6.04. The Kier molecular flexibility index (Phi) is 2.94. The van der Waals surface area contributed by atoms with Crippen LogP contribution in [0.15, 0.2) is 18.2 Å². The van der Waals surface area contributed by atoms with Crippen molar-refractivity contribution in [3.63, 3.8) is 0 Å². The molecular weight excluding hydrogens is 236 g/mol. The Morgan fingerprint density at radius 3 is 2.89 bits per heavy atom. The SMILES string of the molecule is Cc1ccc2[nH]c3c(c2c1)CC[C@H](CN(C)C)C3=O. The first-order chi connectivity index (χ1) is 9.06. The molecule has 0 bridgehead atoms. The number of carbonyl (C=O) groups is 1. The molecule has 1 N–H and O–H groups in total. The maximum Gasteiger partial charge on any atom is 0.183 e. The van der Waals surface area contributed by atoms with Gasteiger partial charge in [-0.25, -0.2) is 0 Å². The molecule has 3 heteroatoms. The fourth-order valence-corrected chi connectivity index (χ4v) is 3.10. The molecule has 3 rings (SSSR count). The first-order valence-corrected chi connectivity index (χ1v) is 6.86. The molecular formula is C16H20N2O. The Bertz CT molecular complexity index is 639. The summed E-state index contributed by atoms with van der Waals surface area (Å²) in [4.78, 5) is 18.0. The number of fused-ring (bicyclic) bond motifs is 3. The number of benzene rings is 1. The largest absolute Gasteiger partial charge is 0.352 e. The van der Waals surface area contributed by atoms with E-state index < -0.39 is 0 Å². The molecule has 0 amide bonds. The second kappa shape index (κ2) is 4.49. The highest BCUT2D eigenvalue weighted by atomic mass is 16.1. The van der Waals surface area contributed by atoms with E-state index in [2.05, 4.69) is 35.0 Å². The summed E-state index contributed by atoms with van der Waals surface area (Å²) in [5.74, 6) is 0.417. The summed E-state index contributed by atoms with van der Waals surface area (Å²) in [6, 6.07) is 6.35. The Hall–Kier alpha value is -1.61. The van der Waals surface area contributed by atoms with E-state index in [0.717, 1.165) is 30.6 Å². The molecule has 1 atom stereocenters. The lowest BCUT2D eigenvalue weighted by molar-refractivity contribution is 0.0873. The van der Waals surface area contributed by atoms with Gasteiger partial charge in [-0.1, -0.05) is 11.6 Å². The number of nitrogens with zero attached hydrogens (tertiary/aromatic N) is 1. The lowest BCUT2D eigenvalue weighted by Crippen LogP contribution is -2.31. The molecule has 3 nitrogen and oxygen atoms in total. The van der Waals surface area contributed by atoms with Crippen molar-refractivity contribution in [2.45, 2.75) is 19.8 Å². The molecule has 0 radical (unpaired) electrons. The number of carbonyl (C=O) groups excluding carboxylic acids is 1. The normalized spacial score (nSPS) is 19.2. The fraction of sp³-hybridized carbons (Fsp3) is 0.438. The number of rotatable bonds is 2. The molecule has 1 aromatic carbocycles. The number of H-pyrrole nitrogens is 1. The standard InChI is InChI=1S/C16H20N2O/c1-10-4-7-14-13(8-10)12-6-5-11(9-18(2)3)16(19)15(12)17-14/h4,7-8,11,17H,5-6,9H2,1-3H3/t11-/m1/s1. The van der Waals surface area contributed by atoms with Gasteiger partial charge in [-0.3, -0.25) is 4.79 Å². The lowest BCUT2D eigenvalue weighted by atomic mass is 9.85. The van der Waals surface area contributed by atoms with Crippen molar-refractivity contribution in [1.29, 1.82) is 0 Å². The Morgan fingerprint density at radius 2 is 2.16 bits per heavy atom. The van der Waals surface area contributed by atoms with Gasteiger partial charge in [0.25, 0.3) is 0 Å². The number of aromatic nitrogens is 1. The van der Waals surface area contributed by atoms with Crippen molar-refractivity contribution in [2.24, 2.45) is 5.92 Å². The van der Waals surface area contributed by atoms with Gasteiger partial charge in [0.05, 0.1) is 5.69 Å². The summed E-state index contributed by atoms with van der Waals surface area (Å²) in [5, 5.41) is 1.23. The Labute approximate surface area is 113 Å². The van der Waals surface area contributed by atoms with Gasteiger partial charge in [0, 0.05) is 23.4 Å². The third-order valence-corrected chi connectivity index (χ3v) is 4.01. The van der Waals surface area contributed by atoms with Gasteiger partial charge in [-0.05, 0) is 51.6 Å². The van der Waals surface area contributed by atoms with Gasteiger partial charge in [-0.15, -0.1) is 0 Å². The predicted octanol–water partition coefficient (Wildman–Crippen LogP) is 2.78. The van der Waals surface area contributed by atoms with Crippen LogP contribution in [0, 0.1) is 12.8 Å². The maximum atomic E-state index is 12.5. The third kappa shape index (κ3) is 2.08. The van der Waals surface area contributed by atoms with Crippen LogP contribution in [0.1, 0.15) is 28.0 Å². The molecule has 1 aromatic heterocycles. The zero-order valence-corrected chi connectivity index (χ0v) is 11.8. The van der Waals surface area contributed by atoms with Crippen LogP contribution in [0.4, 0.5) is 0 Å². The average Bonchev–Trinajstić information content (AvgIpc) is 2.71. The molecule has 19 heavy (non-hydrogen) atoms. The summed E-state index contributed by atoms with van der Waals surface area (Å²) >= 11 is 0. The van der Waals surface area contributed by atoms with E-state index in [1.165, 1.54) is 16.5 Å². The van der Waals surface area contributed by atoms with Crippen LogP contribution in [0.3, 0.4) is 0 Å². The third-order valence-electron chi connectivity index (χ3n) is 4.01. The highest BCUT2D eigenvalue weighted by Crippen LogP contribution is 2.32. The smallest absolute Gasteiger partial charge is 0.183 e. The van der Waals surface area contributed by atoms with Crippen molar-refractivity contribution in [3.8, 4) is 0 Å². The maximum absolute atomic E-state index is 12.5. The number of aryl methyl sites for hydroxylation is 2. The molecule has 1 heterocycles. The second-order valence-corrected chi connectivity index (χ2v) is 5.89. The van der Waals surface area contributed by atoms with Crippen LogP contribution in [0.25, 0.3) is 10.9 Å². The first-order valence-electron chi connectivity index (χ1n) is 6.86. The van der Waals surface area contributed by atoms with Crippen molar-refractivity contribution < 1.29 is 4.79 Å². The summed E-state index contributed by atoms with van der Waals surface area (Å²) in [7, 11) is 4.05. The van der Waals surface area contributed by atoms with Crippen molar-refractivity contribution in [2.75, 3.05) is 20.6 Å². The zero-order chi connectivity index (χ0) is 13.6. The van der Waals surface area contributed by atoms with Gasteiger partial charge >= 0.3 is 0 Å². The Morgan fingerprint density at radius 1 is 1.37 bits per heavy atom. The van der Waals surface area contributed by atoms with Crippen molar-refractivity contribution in [3.05, 3.63) is 35.0 Å². The van der Waals surface area contributed by atoms with E-state index >= 15 is 0 Å². The van der Waals surface area contributed by atoms with E-state index in [-0.39, 0.29) is 11.7 Å². The quantitative estimate of drug-likeness (QED) is 0.897. The Balaban J connectivity index is 2.05. The number of hydrogen-bond donors (Lipinski definition) is 1. The minimum atomic E-state index is 0.136. The number of Topliss-reactive ketones (excluding diaryl/α,β-unsaturated/α-hetero) is 1. The summed E-state index contributed by atoms with van der Waals surface area (Å²) < 4.78 is 0. The van der Waals surface area contributed by atoms with Crippen LogP contribution < -0.4 is 0 Å². The number of hydrogen-bond acceptors (Lipinski definition) is 2. The number of aromatic amines is 1. The minimum Gasteiger partial charge on any atom is -0.352 e. The summed E-state index contributed by atoms with van der Waals surface area (Å²) in [5.41, 5.74) is 4.41. The van der Waals surface area contributed by atoms with E-state index in [0.29, 0.717) is 0 Å². The summed E-state index contributed by atoms with van der Waals surface area (Å²) in [6.07, 6.45) is 1.97. The van der Waals surface area contributed by atoms with E-state index in [9.17, 15) is 4.79 Å². The fourth-order valence-electron chi connectivity index (χ4n) is 3.10. The van der Waals surface area contributed by atoms with Crippen LogP contribution in [0.5, 0.6) is 0 Å². The predicted molar refractivity (Wildman–Crippen MR) is 77.7 cm³/mol. The molecule has 0 aliphatic heterocycles. The van der Waals surface area contributed by atoms with Gasteiger partial charge in [0.15, 0.2) is 5.78 Å². The number of ketones is 1. The van der Waals surface area contributed by atoms with Crippen LogP contribution in [-0.4, -0.2) is 36.3 Å². The molecule has 0 saturated carbocycles. The van der Waals surface area contributed by atoms with E-state index in [1.807, 2.05) is 14.1 Å². The van der Waals surface area contributed by atoms with E-state index in [4.69, 9.17) is 0 Å². The topological polar surface area (TPSA) is 36.1 Å². The van der Waals surface area contributed by atoms with Crippen LogP contribution in [0.2, 0.25) is 0 Å². The average molecular weight is 256 g/mol. The van der Waals surface area contributed by atoms with Crippen molar-refractivity contribution in [1.82, 2.24) is 9.88 Å². The molecule has 0 fully saturated rings. The zero-order valence-electron chi connectivity index (χ0n) is 11.8. The molecule has 0 spiro atoms. The minimum absolute atomic E-state index is 0.136. The number of nitrogens with one attached hydrogen (secondary N) is 1. The van der Waals surface area contributed by atoms with Gasteiger partial charge in [0.1, 0.15) is 0 Å². The van der Waals surface area contributed by atoms with Gasteiger partial charge in [0.2, 0.25) is 0 Å². The highest BCUT2D eigenvalue weighted by Gasteiger charge is 2.30. The van der Waals surface area contributed by atoms with Gasteiger partial charge in [-0.2, -0.15) is 0 Å². The van der Waals surface area contributed by atoms with Crippen molar-refractivity contribution >= 4 is 16.7 Å². The molecule has 1 aliphatic carbocycles. The lowest BCUT2D eigenvalue weighted by Gasteiger charge is -2.23. The molecule has 100 valence electrons. The van der Waals surface area contributed by atoms with Crippen LogP contribution >= 0.6 is 0 Å². The van der Waals surface area contributed by atoms with E-state index in [1.54, 1.807) is 0 Å². The molecule has 0 saturated heterocycles. The van der Waals surface area contributed by atoms with Crippen LogP contribution in [-0.2, 0) is 6.42 Å². The first kappa shape index (κ1) is 12.4. The monoisotopic (exact) mass is 256 g/mol. The van der Waals surface area contributed by atoms with Gasteiger partial charge < -0.3 is 9.88 Å². The molecule has 2 aromatic rings. The summed E-state index contributed by atoms with van der Waals surface area (Å²) in [6.45, 7) is 2.94. The second-order valence-electron chi connectivity index (χ2n) is 5.89. The molecule has 0 unspecified atom stereocenters.